The number of nitrogens with zero attached hydrogens (tertiary/aromatic N) is 1. The summed E-state index contributed by atoms with van der Waals surface area (Å²) in [5.41, 5.74) is 2.22. The van der Waals surface area contributed by atoms with Gasteiger partial charge in [0.05, 0.1) is 14.2 Å². The number of ether oxygens (including phenoxy) is 2. The van der Waals surface area contributed by atoms with E-state index in [1.807, 2.05) is 77.6 Å². The van der Waals surface area contributed by atoms with Gasteiger partial charge >= 0.3 is 0 Å². The fourth-order valence-electron chi connectivity index (χ4n) is 3.21. The van der Waals surface area contributed by atoms with Crippen molar-refractivity contribution in [3.05, 3.63) is 84.2 Å². The Labute approximate surface area is 165 Å². The number of hydrogen-bond donors (Lipinski definition) is 1. The van der Waals surface area contributed by atoms with Gasteiger partial charge in [-0.1, -0.05) is 36.4 Å². The van der Waals surface area contributed by atoms with E-state index in [-0.39, 0.29) is 11.9 Å². The quantitative estimate of drug-likeness (QED) is 0.618. The number of methoxy groups -OCH3 is 2. The summed E-state index contributed by atoms with van der Waals surface area (Å²) in [5, 5.41) is 3.07. The second-order valence-electron chi connectivity index (χ2n) is 6.57. The Morgan fingerprint density at radius 1 is 0.929 bits per heavy atom. The van der Waals surface area contributed by atoms with E-state index in [4.69, 9.17) is 9.47 Å². The Bertz CT molecular complexity index is 876. The van der Waals surface area contributed by atoms with Crippen LogP contribution in [0.4, 0.5) is 0 Å². The monoisotopic (exact) mass is 378 g/mol. The van der Waals surface area contributed by atoms with E-state index < -0.39 is 0 Å². The smallest absolute Gasteiger partial charge is 0.243 e. The zero-order valence-corrected chi connectivity index (χ0v) is 16.3. The average molecular weight is 378 g/mol. The molecule has 0 bridgehead atoms. The van der Waals surface area contributed by atoms with Gasteiger partial charge in [-0.05, 0) is 41.8 Å². The topological polar surface area (TPSA) is 52.5 Å². The molecule has 0 radical (unpaired) electrons. The van der Waals surface area contributed by atoms with Crippen molar-refractivity contribution in [2.75, 3.05) is 20.8 Å². The summed E-state index contributed by atoms with van der Waals surface area (Å²) in [7, 11) is 3.24. The van der Waals surface area contributed by atoms with Crippen LogP contribution in [0.3, 0.4) is 0 Å². The molecule has 0 aliphatic heterocycles. The lowest BCUT2D eigenvalue weighted by atomic mass is 10.0. The molecule has 0 saturated heterocycles. The van der Waals surface area contributed by atoms with Crippen LogP contribution in [0.1, 0.15) is 17.2 Å². The lowest BCUT2D eigenvalue weighted by molar-refractivity contribution is -0.124. The highest BCUT2D eigenvalue weighted by Gasteiger charge is 2.19. The highest BCUT2D eigenvalue weighted by Crippen LogP contribution is 2.27. The summed E-state index contributed by atoms with van der Waals surface area (Å²) in [6.45, 7) is 0.556. The molecule has 5 heteroatoms. The van der Waals surface area contributed by atoms with Crippen molar-refractivity contribution in [3.8, 4) is 11.5 Å². The molecule has 2 aromatic carbocycles. The maximum absolute atomic E-state index is 12.9. The summed E-state index contributed by atoms with van der Waals surface area (Å²) in [5.74, 6) is 1.41. The minimum absolute atomic E-state index is 0.0144. The average Bonchev–Trinajstić information content (AvgIpc) is 3.27. The molecule has 0 spiro atoms. The molecule has 5 nitrogen and oxygen atoms in total. The molecule has 0 fully saturated rings. The summed E-state index contributed by atoms with van der Waals surface area (Å²) in [6.07, 6.45) is 5.23. The first kappa shape index (κ1) is 19.5. The fourth-order valence-corrected chi connectivity index (χ4v) is 3.21. The lowest BCUT2D eigenvalue weighted by Gasteiger charge is -2.19. The van der Waals surface area contributed by atoms with Gasteiger partial charge in [-0.15, -0.1) is 0 Å². The number of aromatic nitrogens is 1. The highest BCUT2D eigenvalue weighted by atomic mass is 16.5. The molecule has 1 unspecified atom stereocenters. The van der Waals surface area contributed by atoms with Gasteiger partial charge in [0.1, 0.15) is 6.04 Å². The Hall–Kier alpha value is -3.21. The van der Waals surface area contributed by atoms with Crippen LogP contribution in [0.2, 0.25) is 0 Å². The number of carbonyl (C=O) groups excluding carboxylic acids is 1. The molecule has 1 aromatic heterocycles. The molecule has 1 N–H and O–H groups in total. The number of benzene rings is 2. The molecule has 1 amide bonds. The van der Waals surface area contributed by atoms with Gasteiger partial charge in [-0.25, -0.2) is 0 Å². The minimum atomic E-state index is -0.275. The maximum Gasteiger partial charge on any atom is 0.243 e. The first-order valence-corrected chi connectivity index (χ1v) is 9.36. The van der Waals surface area contributed by atoms with Crippen molar-refractivity contribution in [3.63, 3.8) is 0 Å². The van der Waals surface area contributed by atoms with Gasteiger partial charge in [0.2, 0.25) is 5.91 Å². The predicted octanol–water partition coefficient (Wildman–Crippen LogP) is 3.65. The van der Waals surface area contributed by atoms with E-state index in [0.717, 1.165) is 17.5 Å². The summed E-state index contributed by atoms with van der Waals surface area (Å²) >= 11 is 0. The largest absolute Gasteiger partial charge is 0.493 e. The molecule has 3 aromatic rings. The Balaban J connectivity index is 1.62. The van der Waals surface area contributed by atoms with E-state index in [9.17, 15) is 4.79 Å². The van der Waals surface area contributed by atoms with Crippen molar-refractivity contribution in [1.82, 2.24) is 9.88 Å². The molecule has 0 saturated carbocycles. The van der Waals surface area contributed by atoms with E-state index in [1.54, 1.807) is 14.2 Å². The SMILES string of the molecule is COc1ccc(CCNC(=O)C(Cc2ccccc2)n2cccc2)cc1OC. The predicted molar refractivity (Wildman–Crippen MR) is 110 cm³/mol. The van der Waals surface area contributed by atoms with Crippen LogP contribution in [0.15, 0.2) is 73.1 Å². The number of rotatable bonds is 9. The summed E-state index contributed by atoms with van der Waals surface area (Å²) < 4.78 is 12.6. The molecule has 1 heterocycles. The maximum atomic E-state index is 12.9. The molecule has 0 aliphatic rings. The molecule has 1 atom stereocenters. The van der Waals surface area contributed by atoms with E-state index >= 15 is 0 Å². The lowest BCUT2D eigenvalue weighted by Crippen LogP contribution is -2.34. The van der Waals surface area contributed by atoms with Gasteiger partial charge in [0, 0.05) is 25.4 Å². The Morgan fingerprint density at radius 2 is 1.64 bits per heavy atom. The number of nitrogens with one attached hydrogen (secondary N) is 1. The standard InChI is InChI=1S/C23H26N2O3/c1-27-21-11-10-19(17-22(21)28-2)12-13-24-23(26)20(25-14-6-7-15-25)16-18-8-4-3-5-9-18/h3-11,14-15,17,20H,12-13,16H2,1-2H3,(H,24,26). The van der Waals surface area contributed by atoms with Crippen molar-refractivity contribution in [1.29, 1.82) is 0 Å². The first-order valence-electron chi connectivity index (χ1n) is 9.36. The number of amides is 1. The molecule has 0 aliphatic carbocycles. The Morgan fingerprint density at radius 3 is 2.32 bits per heavy atom. The van der Waals surface area contributed by atoms with Crippen molar-refractivity contribution < 1.29 is 14.3 Å². The van der Waals surface area contributed by atoms with E-state index in [1.165, 1.54) is 0 Å². The normalized spacial score (nSPS) is 11.6. The summed E-state index contributed by atoms with van der Waals surface area (Å²) in [6, 6.07) is 19.5. The number of hydrogen-bond acceptors (Lipinski definition) is 3. The third-order valence-electron chi connectivity index (χ3n) is 4.72. The van der Waals surface area contributed by atoms with Crippen molar-refractivity contribution in [2.24, 2.45) is 0 Å². The Kier molecular flexibility index (Phi) is 6.73. The van der Waals surface area contributed by atoms with Gasteiger partial charge in [-0.2, -0.15) is 0 Å². The van der Waals surface area contributed by atoms with Crippen molar-refractivity contribution >= 4 is 5.91 Å². The second-order valence-corrected chi connectivity index (χ2v) is 6.57. The molecular formula is C23H26N2O3. The van der Waals surface area contributed by atoms with Crippen LogP contribution in [-0.4, -0.2) is 31.2 Å². The first-order chi connectivity index (χ1) is 13.7. The zero-order valence-electron chi connectivity index (χ0n) is 16.3. The summed E-state index contributed by atoms with van der Waals surface area (Å²) in [4.78, 5) is 12.9. The highest BCUT2D eigenvalue weighted by molar-refractivity contribution is 5.80. The molecule has 3 rings (SSSR count). The van der Waals surface area contributed by atoms with Gasteiger partial charge in [0.25, 0.3) is 0 Å². The van der Waals surface area contributed by atoms with Crippen LogP contribution in [0.25, 0.3) is 0 Å². The van der Waals surface area contributed by atoms with Crippen molar-refractivity contribution in [2.45, 2.75) is 18.9 Å². The van der Waals surface area contributed by atoms with Gasteiger partial charge in [0.15, 0.2) is 11.5 Å². The second kappa shape index (κ2) is 9.65. The third kappa shape index (κ3) is 4.94. The zero-order chi connectivity index (χ0) is 19.8. The van der Waals surface area contributed by atoms with Crippen LogP contribution >= 0.6 is 0 Å². The van der Waals surface area contributed by atoms with Crippen LogP contribution in [-0.2, 0) is 17.6 Å². The fraction of sp³-hybridized carbons (Fsp3) is 0.261. The molecule has 28 heavy (non-hydrogen) atoms. The van der Waals surface area contributed by atoms with Crippen LogP contribution < -0.4 is 14.8 Å². The van der Waals surface area contributed by atoms with Crippen LogP contribution in [0, 0.1) is 0 Å². The minimum Gasteiger partial charge on any atom is -0.493 e. The van der Waals surface area contributed by atoms with Gasteiger partial charge < -0.3 is 19.4 Å². The molecule has 146 valence electrons. The van der Waals surface area contributed by atoms with E-state index in [2.05, 4.69) is 5.32 Å². The number of carbonyl (C=O) groups is 1. The van der Waals surface area contributed by atoms with Gasteiger partial charge in [-0.3, -0.25) is 4.79 Å². The molecular weight excluding hydrogens is 352 g/mol. The van der Waals surface area contributed by atoms with Crippen LogP contribution in [0.5, 0.6) is 11.5 Å². The third-order valence-corrected chi connectivity index (χ3v) is 4.72. The van der Waals surface area contributed by atoms with E-state index in [0.29, 0.717) is 24.5 Å².